The molecular formula is C18H31N3O3. The summed E-state index contributed by atoms with van der Waals surface area (Å²) in [5.74, 6) is -0.0845. The van der Waals surface area contributed by atoms with Gasteiger partial charge < -0.3 is 15.4 Å². The van der Waals surface area contributed by atoms with Gasteiger partial charge in [0.1, 0.15) is 6.61 Å². The molecule has 136 valence electrons. The molecule has 24 heavy (non-hydrogen) atoms. The number of ether oxygens (including phenoxy) is 1. The van der Waals surface area contributed by atoms with Gasteiger partial charge in [-0.25, -0.2) is 0 Å². The van der Waals surface area contributed by atoms with E-state index in [1.54, 1.807) is 0 Å². The Balaban J connectivity index is 1.41. The number of piperidine rings is 1. The van der Waals surface area contributed by atoms with Crippen LogP contribution in [-0.4, -0.2) is 66.0 Å². The second-order valence-electron chi connectivity index (χ2n) is 7.48. The SMILES string of the molecule is NC(=O)[C@H]1CCCN1C1CCN(C(=O)COC2CCCCC2)CC1. The standard InChI is InChI=1S/C18H31N3O3/c19-18(23)16-7-4-10-21(16)14-8-11-20(12-9-14)17(22)13-24-15-5-2-1-3-6-15/h14-16H,1-13H2,(H2,19,23)/t16-/m1/s1. The minimum absolute atomic E-state index is 0.105. The fourth-order valence-electron chi connectivity index (χ4n) is 4.49. The number of carbonyl (C=O) groups is 2. The first kappa shape index (κ1) is 17.7. The summed E-state index contributed by atoms with van der Waals surface area (Å²) in [5.41, 5.74) is 5.52. The molecule has 3 aliphatic rings. The molecule has 0 unspecified atom stereocenters. The molecule has 0 spiro atoms. The first-order valence-electron chi connectivity index (χ1n) is 9.59. The van der Waals surface area contributed by atoms with Crippen molar-refractivity contribution in [2.75, 3.05) is 26.2 Å². The molecule has 2 aliphatic heterocycles. The van der Waals surface area contributed by atoms with Crippen LogP contribution in [0.3, 0.4) is 0 Å². The Hall–Kier alpha value is -1.14. The highest BCUT2D eigenvalue weighted by molar-refractivity contribution is 5.80. The average Bonchev–Trinajstić information content (AvgIpc) is 3.11. The van der Waals surface area contributed by atoms with E-state index in [-0.39, 0.29) is 30.6 Å². The van der Waals surface area contributed by atoms with Crippen LogP contribution in [-0.2, 0) is 14.3 Å². The third-order valence-electron chi connectivity index (χ3n) is 5.90. The van der Waals surface area contributed by atoms with E-state index in [0.717, 1.165) is 58.2 Å². The lowest BCUT2D eigenvalue weighted by Gasteiger charge is -2.38. The van der Waals surface area contributed by atoms with Crippen LogP contribution in [0.4, 0.5) is 0 Å². The number of carbonyl (C=O) groups excluding carboxylic acids is 2. The van der Waals surface area contributed by atoms with Crippen LogP contribution < -0.4 is 5.73 Å². The van der Waals surface area contributed by atoms with Gasteiger partial charge in [-0.2, -0.15) is 0 Å². The van der Waals surface area contributed by atoms with E-state index < -0.39 is 0 Å². The lowest BCUT2D eigenvalue weighted by atomic mass is 9.98. The van der Waals surface area contributed by atoms with Crippen LogP contribution in [0.1, 0.15) is 57.8 Å². The van der Waals surface area contributed by atoms with Crippen molar-refractivity contribution in [3.8, 4) is 0 Å². The predicted molar refractivity (Wildman–Crippen MR) is 91.3 cm³/mol. The van der Waals surface area contributed by atoms with Crippen molar-refractivity contribution in [3.63, 3.8) is 0 Å². The molecule has 0 aromatic carbocycles. The molecule has 0 bridgehead atoms. The van der Waals surface area contributed by atoms with Gasteiger partial charge in [0, 0.05) is 19.1 Å². The summed E-state index contributed by atoms with van der Waals surface area (Å²) in [7, 11) is 0. The zero-order valence-corrected chi connectivity index (χ0v) is 14.6. The number of hydrogen-bond donors (Lipinski definition) is 1. The summed E-state index contributed by atoms with van der Waals surface area (Å²) >= 11 is 0. The Bertz CT molecular complexity index is 443. The van der Waals surface area contributed by atoms with E-state index in [2.05, 4.69) is 4.90 Å². The van der Waals surface area contributed by atoms with Crippen molar-refractivity contribution in [1.82, 2.24) is 9.80 Å². The monoisotopic (exact) mass is 337 g/mol. The normalized spacial score (nSPS) is 27.5. The quantitative estimate of drug-likeness (QED) is 0.820. The summed E-state index contributed by atoms with van der Waals surface area (Å²) in [6.45, 7) is 2.71. The van der Waals surface area contributed by atoms with Crippen molar-refractivity contribution in [2.24, 2.45) is 5.73 Å². The molecule has 0 aromatic heterocycles. The Morgan fingerprint density at radius 1 is 0.917 bits per heavy atom. The van der Waals surface area contributed by atoms with E-state index in [1.807, 2.05) is 4.90 Å². The summed E-state index contributed by atoms with van der Waals surface area (Å²) < 4.78 is 5.81. The van der Waals surface area contributed by atoms with Crippen molar-refractivity contribution in [3.05, 3.63) is 0 Å². The van der Waals surface area contributed by atoms with Gasteiger partial charge in [0.2, 0.25) is 11.8 Å². The first-order chi connectivity index (χ1) is 11.6. The molecule has 2 saturated heterocycles. The zero-order chi connectivity index (χ0) is 16.9. The smallest absolute Gasteiger partial charge is 0.248 e. The van der Waals surface area contributed by atoms with Crippen molar-refractivity contribution in [1.29, 1.82) is 0 Å². The van der Waals surface area contributed by atoms with E-state index in [0.29, 0.717) is 6.04 Å². The number of likely N-dealkylation sites (tertiary alicyclic amines) is 2. The van der Waals surface area contributed by atoms with E-state index in [9.17, 15) is 9.59 Å². The molecule has 2 N–H and O–H groups in total. The van der Waals surface area contributed by atoms with Gasteiger partial charge in [-0.15, -0.1) is 0 Å². The number of rotatable bonds is 5. The van der Waals surface area contributed by atoms with Crippen LogP contribution >= 0.6 is 0 Å². The number of amides is 2. The number of hydrogen-bond acceptors (Lipinski definition) is 4. The fraction of sp³-hybridized carbons (Fsp3) is 0.889. The van der Waals surface area contributed by atoms with Gasteiger partial charge in [0.05, 0.1) is 12.1 Å². The number of primary amides is 1. The first-order valence-corrected chi connectivity index (χ1v) is 9.59. The highest BCUT2D eigenvalue weighted by Crippen LogP contribution is 2.26. The third-order valence-corrected chi connectivity index (χ3v) is 5.90. The number of nitrogens with zero attached hydrogens (tertiary/aromatic N) is 2. The molecular weight excluding hydrogens is 306 g/mol. The zero-order valence-electron chi connectivity index (χ0n) is 14.6. The molecule has 0 radical (unpaired) electrons. The summed E-state index contributed by atoms with van der Waals surface area (Å²) in [6, 6.07) is 0.278. The molecule has 2 amide bonds. The van der Waals surface area contributed by atoms with Gasteiger partial charge in [-0.3, -0.25) is 14.5 Å². The molecule has 1 aliphatic carbocycles. The van der Waals surface area contributed by atoms with Gasteiger partial charge in [-0.1, -0.05) is 19.3 Å². The van der Waals surface area contributed by atoms with Crippen LogP contribution in [0.2, 0.25) is 0 Å². The molecule has 6 nitrogen and oxygen atoms in total. The Morgan fingerprint density at radius 2 is 1.62 bits per heavy atom. The maximum Gasteiger partial charge on any atom is 0.248 e. The van der Waals surface area contributed by atoms with E-state index in [1.165, 1.54) is 19.3 Å². The Kier molecular flexibility index (Phi) is 6.11. The molecule has 3 rings (SSSR count). The molecule has 2 heterocycles. The van der Waals surface area contributed by atoms with Gasteiger partial charge in [0.25, 0.3) is 0 Å². The molecule has 1 saturated carbocycles. The highest BCUT2D eigenvalue weighted by Gasteiger charge is 2.36. The molecule has 6 heteroatoms. The van der Waals surface area contributed by atoms with Gasteiger partial charge in [-0.05, 0) is 45.1 Å². The molecule has 0 aromatic rings. The van der Waals surface area contributed by atoms with Crippen LogP contribution in [0.25, 0.3) is 0 Å². The average molecular weight is 337 g/mol. The second kappa shape index (κ2) is 8.30. The predicted octanol–water partition coefficient (Wildman–Crippen LogP) is 1.28. The van der Waals surface area contributed by atoms with Gasteiger partial charge in [0.15, 0.2) is 0 Å². The Morgan fingerprint density at radius 3 is 2.29 bits per heavy atom. The largest absolute Gasteiger partial charge is 0.368 e. The molecule has 1 atom stereocenters. The summed E-state index contributed by atoms with van der Waals surface area (Å²) in [5, 5.41) is 0. The molecule has 3 fully saturated rings. The second-order valence-corrected chi connectivity index (χ2v) is 7.48. The van der Waals surface area contributed by atoms with Crippen LogP contribution in [0.15, 0.2) is 0 Å². The topological polar surface area (TPSA) is 75.9 Å². The Labute approximate surface area is 144 Å². The van der Waals surface area contributed by atoms with Crippen molar-refractivity contribution >= 4 is 11.8 Å². The van der Waals surface area contributed by atoms with Crippen LogP contribution in [0.5, 0.6) is 0 Å². The highest BCUT2D eigenvalue weighted by atomic mass is 16.5. The van der Waals surface area contributed by atoms with Crippen molar-refractivity contribution < 1.29 is 14.3 Å². The van der Waals surface area contributed by atoms with E-state index >= 15 is 0 Å². The van der Waals surface area contributed by atoms with Gasteiger partial charge >= 0.3 is 0 Å². The third kappa shape index (κ3) is 4.28. The van der Waals surface area contributed by atoms with Crippen molar-refractivity contribution in [2.45, 2.75) is 76.0 Å². The fourth-order valence-corrected chi connectivity index (χ4v) is 4.49. The maximum absolute atomic E-state index is 12.4. The minimum atomic E-state index is -0.202. The lowest BCUT2D eigenvalue weighted by molar-refractivity contribution is -0.140. The number of nitrogens with two attached hydrogens (primary N) is 1. The summed E-state index contributed by atoms with van der Waals surface area (Å²) in [4.78, 5) is 28.1. The maximum atomic E-state index is 12.4. The van der Waals surface area contributed by atoms with E-state index in [4.69, 9.17) is 10.5 Å². The lowest BCUT2D eigenvalue weighted by Crippen LogP contribution is -2.51. The van der Waals surface area contributed by atoms with Crippen LogP contribution in [0, 0.1) is 0 Å². The summed E-state index contributed by atoms with van der Waals surface area (Å²) in [6.07, 6.45) is 9.99. The minimum Gasteiger partial charge on any atom is -0.368 e.